The first-order valence-corrected chi connectivity index (χ1v) is 10.2. The summed E-state index contributed by atoms with van der Waals surface area (Å²) in [6.45, 7) is 0. The Labute approximate surface area is 180 Å². The molecule has 4 rings (SSSR count). The Balaban J connectivity index is 1.42. The molecule has 1 aliphatic rings. The molecule has 1 heterocycles. The van der Waals surface area contributed by atoms with Crippen molar-refractivity contribution >= 4 is 22.5 Å². The van der Waals surface area contributed by atoms with E-state index in [-0.39, 0.29) is 23.2 Å². The van der Waals surface area contributed by atoms with Crippen molar-refractivity contribution in [3.8, 4) is 0 Å². The van der Waals surface area contributed by atoms with Gasteiger partial charge in [0.25, 0.3) is 5.91 Å². The van der Waals surface area contributed by atoms with Crippen LogP contribution in [-0.2, 0) is 6.18 Å². The molecule has 1 aliphatic carbocycles. The number of carbonyl (C=O) groups is 1. The number of halogens is 5. The maximum atomic E-state index is 13.3. The molecule has 0 atom stereocenters. The van der Waals surface area contributed by atoms with Crippen LogP contribution in [0, 0.1) is 11.6 Å². The lowest BCUT2D eigenvalue weighted by atomic mass is 9.90. The molecule has 1 amide bonds. The maximum Gasteiger partial charge on any atom is 0.433 e. The predicted molar refractivity (Wildman–Crippen MR) is 110 cm³/mol. The summed E-state index contributed by atoms with van der Waals surface area (Å²) in [5, 5.41) is 6.58. The number of pyridine rings is 1. The molecule has 1 aromatic heterocycles. The smallest absolute Gasteiger partial charge is 0.382 e. The van der Waals surface area contributed by atoms with Gasteiger partial charge in [-0.25, -0.2) is 13.8 Å². The molecule has 3 aromatic rings. The Morgan fingerprint density at radius 3 is 2.19 bits per heavy atom. The van der Waals surface area contributed by atoms with E-state index in [0.29, 0.717) is 42.8 Å². The standard InChI is InChI=1S/C23H20F5N3O/c24-14-9-13(10-15(25)11-14)22(32)30-17-7-5-16(6-8-17)29-20-12-21(23(26,27)28)31-19-4-2-1-3-18(19)20/h1-4,9-12,16-17H,5-8H2,(H,29,31)(H,30,32)/t16-,17+. The molecule has 168 valence electrons. The SMILES string of the molecule is O=C(N[C@H]1CC[C@@H](Nc2cc(C(F)(F)F)nc3ccccc23)CC1)c1cc(F)cc(F)c1. The summed E-state index contributed by atoms with van der Waals surface area (Å²) in [7, 11) is 0. The molecule has 2 N–H and O–H groups in total. The number of nitrogens with one attached hydrogen (secondary N) is 2. The monoisotopic (exact) mass is 449 g/mol. The van der Waals surface area contributed by atoms with E-state index in [1.165, 1.54) is 6.07 Å². The van der Waals surface area contributed by atoms with Gasteiger partial charge in [-0.05, 0) is 49.9 Å². The van der Waals surface area contributed by atoms with Gasteiger partial charge >= 0.3 is 6.18 Å². The molecule has 0 bridgehead atoms. The van der Waals surface area contributed by atoms with Gasteiger partial charge in [0.2, 0.25) is 0 Å². The average Bonchev–Trinajstić information content (AvgIpc) is 2.73. The minimum atomic E-state index is -4.56. The second-order valence-corrected chi connectivity index (χ2v) is 7.89. The second kappa shape index (κ2) is 8.72. The number of alkyl halides is 3. The van der Waals surface area contributed by atoms with Gasteiger partial charge in [-0.15, -0.1) is 0 Å². The zero-order chi connectivity index (χ0) is 22.9. The van der Waals surface area contributed by atoms with Crippen molar-refractivity contribution in [3.05, 3.63) is 71.4 Å². The largest absolute Gasteiger partial charge is 0.433 e. The third kappa shape index (κ3) is 4.98. The summed E-state index contributed by atoms with van der Waals surface area (Å²) < 4.78 is 66.4. The molecule has 1 saturated carbocycles. The maximum absolute atomic E-state index is 13.3. The van der Waals surface area contributed by atoms with E-state index in [9.17, 15) is 26.7 Å². The third-order valence-corrected chi connectivity index (χ3v) is 5.55. The van der Waals surface area contributed by atoms with Gasteiger partial charge in [-0.3, -0.25) is 4.79 Å². The summed E-state index contributed by atoms with van der Waals surface area (Å²) >= 11 is 0. The number of aromatic nitrogens is 1. The molecule has 4 nitrogen and oxygen atoms in total. The molecule has 1 fully saturated rings. The first-order chi connectivity index (χ1) is 15.2. The number of amides is 1. The molecular weight excluding hydrogens is 429 g/mol. The lowest BCUT2D eigenvalue weighted by molar-refractivity contribution is -0.140. The molecule has 32 heavy (non-hydrogen) atoms. The Hall–Kier alpha value is -3.23. The molecule has 0 spiro atoms. The number of fused-ring (bicyclic) bond motifs is 1. The van der Waals surface area contributed by atoms with Crippen molar-refractivity contribution in [1.82, 2.24) is 10.3 Å². The number of rotatable bonds is 4. The minimum Gasteiger partial charge on any atom is -0.382 e. The van der Waals surface area contributed by atoms with Crippen LogP contribution >= 0.6 is 0 Å². The van der Waals surface area contributed by atoms with Crippen molar-refractivity contribution in [3.63, 3.8) is 0 Å². The first kappa shape index (κ1) is 22.0. The lowest BCUT2D eigenvalue weighted by Gasteiger charge is -2.30. The molecular formula is C23H20F5N3O. The minimum absolute atomic E-state index is 0.0818. The van der Waals surface area contributed by atoms with Gasteiger partial charge < -0.3 is 10.6 Å². The summed E-state index contributed by atoms with van der Waals surface area (Å²) in [5.41, 5.74) is -0.425. The fourth-order valence-electron chi connectivity index (χ4n) is 4.00. The van der Waals surface area contributed by atoms with E-state index in [0.717, 1.165) is 18.2 Å². The highest BCUT2D eigenvalue weighted by atomic mass is 19.4. The molecule has 0 saturated heterocycles. The third-order valence-electron chi connectivity index (χ3n) is 5.55. The number of nitrogens with zero attached hydrogens (tertiary/aromatic N) is 1. The topological polar surface area (TPSA) is 54.0 Å². The average molecular weight is 449 g/mol. The summed E-state index contributed by atoms with van der Waals surface area (Å²) in [4.78, 5) is 16.0. The van der Waals surface area contributed by atoms with Gasteiger partial charge in [0.05, 0.1) is 5.52 Å². The Morgan fingerprint density at radius 1 is 0.906 bits per heavy atom. The summed E-state index contributed by atoms with van der Waals surface area (Å²) in [5.74, 6) is -2.22. The van der Waals surface area contributed by atoms with Crippen LogP contribution in [0.5, 0.6) is 0 Å². The number of hydrogen-bond acceptors (Lipinski definition) is 3. The summed E-state index contributed by atoms with van der Waals surface area (Å²) in [6.07, 6.45) is -2.17. The molecule has 0 aliphatic heterocycles. The number of benzene rings is 2. The lowest BCUT2D eigenvalue weighted by Crippen LogP contribution is -2.40. The van der Waals surface area contributed by atoms with Gasteiger partial charge in [-0.2, -0.15) is 13.2 Å². The zero-order valence-electron chi connectivity index (χ0n) is 16.8. The number of anilines is 1. The van der Waals surface area contributed by atoms with Crippen molar-refractivity contribution in [1.29, 1.82) is 0 Å². The Morgan fingerprint density at radius 2 is 1.53 bits per heavy atom. The van der Waals surface area contributed by atoms with E-state index in [1.54, 1.807) is 18.2 Å². The van der Waals surface area contributed by atoms with Crippen LogP contribution in [0.25, 0.3) is 10.9 Å². The fourth-order valence-corrected chi connectivity index (χ4v) is 4.00. The van der Waals surface area contributed by atoms with Crippen LogP contribution in [-0.4, -0.2) is 23.0 Å². The van der Waals surface area contributed by atoms with E-state index < -0.39 is 29.4 Å². The predicted octanol–water partition coefficient (Wildman–Crippen LogP) is 5.68. The van der Waals surface area contributed by atoms with Crippen LogP contribution in [0.3, 0.4) is 0 Å². The van der Waals surface area contributed by atoms with E-state index >= 15 is 0 Å². The van der Waals surface area contributed by atoms with Crippen LogP contribution < -0.4 is 10.6 Å². The molecule has 9 heteroatoms. The Bertz CT molecular complexity index is 1120. The highest BCUT2D eigenvalue weighted by molar-refractivity contribution is 5.94. The highest BCUT2D eigenvalue weighted by Crippen LogP contribution is 2.34. The highest BCUT2D eigenvalue weighted by Gasteiger charge is 2.34. The van der Waals surface area contributed by atoms with Gasteiger partial charge in [0, 0.05) is 34.8 Å². The van der Waals surface area contributed by atoms with Gasteiger partial charge in [0.15, 0.2) is 0 Å². The van der Waals surface area contributed by atoms with Crippen LogP contribution in [0.15, 0.2) is 48.5 Å². The van der Waals surface area contributed by atoms with Crippen molar-refractivity contribution in [2.75, 3.05) is 5.32 Å². The van der Waals surface area contributed by atoms with Crippen molar-refractivity contribution < 1.29 is 26.7 Å². The quantitative estimate of drug-likeness (QED) is 0.504. The normalized spacial score (nSPS) is 19.0. The van der Waals surface area contributed by atoms with Crippen LogP contribution in [0.4, 0.5) is 27.6 Å². The van der Waals surface area contributed by atoms with Gasteiger partial charge in [-0.1, -0.05) is 18.2 Å². The summed E-state index contributed by atoms with van der Waals surface area (Å²) in [6, 6.07) is 10.0. The van der Waals surface area contributed by atoms with Crippen molar-refractivity contribution in [2.45, 2.75) is 43.9 Å². The van der Waals surface area contributed by atoms with Gasteiger partial charge in [0.1, 0.15) is 17.3 Å². The number of carbonyl (C=O) groups excluding carboxylic acids is 1. The molecule has 0 radical (unpaired) electrons. The Kier molecular flexibility index (Phi) is 5.99. The van der Waals surface area contributed by atoms with Crippen molar-refractivity contribution in [2.24, 2.45) is 0 Å². The van der Waals surface area contributed by atoms with E-state index in [4.69, 9.17) is 0 Å². The fraction of sp³-hybridized carbons (Fsp3) is 0.304. The van der Waals surface area contributed by atoms with Crippen LogP contribution in [0.2, 0.25) is 0 Å². The van der Waals surface area contributed by atoms with E-state index in [1.807, 2.05) is 0 Å². The van der Waals surface area contributed by atoms with Crippen LogP contribution in [0.1, 0.15) is 41.7 Å². The number of para-hydroxylation sites is 1. The number of hydrogen-bond donors (Lipinski definition) is 2. The molecule has 2 aromatic carbocycles. The second-order valence-electron chi connectivity index (χ2n) is 7.89. The zero-order valence-corrected chi connectivity index (χ0v) is 16.8. The van der Waals surface area contributed by atoms with E-state index in [2.05, 4.69) is 15.6 Å². The molecule has 0 unspecified atom stereocenters. The first-order valence-electron chi connectivity index (χ1n) is 10.2.